The van der Waals surface area contributed by atoms with Crippen LogP contribution in [0.15, 0.2) is 17.1 Å². The SMILES string of the molecule is CN=C(NCC(=O)NC1CCCCC1)NCc1cc2c(cc1OC(F)F)OCO2. The summed E-state index contributed by atoms with van der Waals surface area (Å²) in [7, 11) is 1.56. The molecule has 160 valence electrons. The van der Waals surface area contributed by atoms with Crippen LogP contribution in [0, 0.1) is 0 Å². The molecule has 1 fully saturated rings. The molecule has 0 atom stereocenters. The maximum atomic E-state index is 12.7. The highest BCUT2D eigenvalue weighted by Gasteiger charge is 2.20. The fourth-order valence-electron chi connectivity index (χ4n) is 3.40. The number of carbonyl (C=O) groups is 1. The van der Waals surface area contributed by atoms with Crippen molar-refractivity contribution in [3.63, 3.8) is 0 Å². The van der Waals surface area contributed by atoms with Gasteiger partial charge in [-0.25, -0.2) is 0 Å². The smallest absolute Gasteiger partial charge is 0.387 e. The number of benzene rings is 1. The molecule has 1 aliphatic carbocycles. The summed E-state index contributed by atoms with van der Waals surface area (Å²) in [5, 5.41) is 8.92. The monoisotopic (exact) mass is 412 g/mol. The highest BCUT2D eigenvalue weighted by atomic mass is 19.3. The molecular formula is C19H26F2N4O4. The zero-order valence-electron chi connectivity index (χ0n) is 16.3. The van der Waals surface area contributed by atoms with Crippen LogP contribution in [0.5, 0.6) is 17.2 Å². The first-order valence-electron chi connectivity index (χ1n) is 9.66. The number of hydrogen-bond acceptors (Lipinski definition) is 5. The molecule has 29 heavy (non-hydrogen) atoms. The molecule has 1 aliphatic heterocycles. The molecule has 10 heteroatoms. The van der Waals surface area contributed by atoms with Crippen molar-refractivity contribution in [2.45, 2.75) is 51.3 Å². The number of nitrogens with zero attached hydrogens (tertiary/aromatic N) is 1. The molecule has 0 saturated heterocycles. The third-order valence-corrected chi connectivity index (χ3v) is 4.83. The highest BCUT2D eigenvalue weighted by Crippen LogP contribution is 2.38. The lowest BCUT2D eigenvalue weighted by atomic mass is 9.95. The normalized spacial score (nSPS) is 16.6. The summed E-state index contributed by atoms with van der Waals surface area (Å²) in [6.07, 6.45) is 5.52. The number of rotatable bonds is 7. The zero-order chi connectivity index (χ0) is 20.6. The van der Waals surface area contributed by atoms with Gasteiger partial charge < -0.3 is 30.2 Å². The molecule has 1 amide bonds. The van der Waals surface area contributed by atoms with Crippen LogP contribution in [0.3, 0.4) is 0 Å². The molecule has 0 bridgehead atoms. The molecule has 1 heterocycles. The van der Waals surface area contributed by atoms with E-state index in [-0.39, 0.29) is 37.6 Å². The van der Waals surface area contributed by atoms with Crippen molar-refractivity contribution in [3.05, 3.63) is 17.7 Å². The van der Waals surface area contributed by atoms with Gasteiger partial charge in [-0.1, -0.05) is 19.3 Å². The molecule has 1 aromatic carbocycles. The first-order valence-corrected chi connectivity index (χ1v) is 9.66. The van der Waals surface area contributed by atoms with E-state index in [4.69, 9.17) is 9.47 Å². The summed E-state index contributed by atoms with van der Waals surface area (Å²) in [5.74, 6) is 1.06. The zero-order valence-corrected chi connectivity index (χ0v) is 16.3. The van der Waals surface area contributed by atoms with Crippen LogP contribution in [0.4, 0.5) is 8.78 Å². The van der Waals surface area contributed by atoms with E-state index in [1.807, 2.05) is 0 Å². The summed E-state index contributed by atoms with van der Waals surface area (Å²) in [5.41, 5.74) is 0.448. The molecular weight excluding hydrogens is 386 g/mol. The Balaban J connectivity index is 1.53. The molecule has 0 radical (unpaired) electrons. The summed E-state index contributed by atoms with van der Waals surface area (Å²) in [6.45, 7) is -2.73. The number of guanidine groups is 1. The molecule has 2 aliphatic rings. The fraction of sp³-hybridized carbons (Fsp3) is 0.579. The van der Waals surface area contributed by atoms with Gasteiger partial charge in [-0.3, -0.25) is 9.79 Å². The number of halogens is 2. The van der Waals surface area contributed by atoms with E-state index in [0.717, 1.165) is 25.7 Å². The van der Waals surface area contributed by atoms with E-state index in [1.54, 1.807) is 13.1 Å². The van der Waals surface area contributed by atoms with E-state index in [1.165, 1.54) is 12.5 Å². The van der Waals surface area contributed by atoms with Crippen LogP contribution in [-0.4, -0.2) is 44.9 Å². The van der Waals surface area contributed by atoms with Crippen molar-refractivity contribution in [2.24, 2.45) is 4.99 Å². The second-order valence-corrected chi connectivity index (χ2v) is 6.87. The number of carbonyl (C=O) groups excluding carboxylic acids is 1. The van der Waals surface area contributed by atoms with Crippen LogP contribution < -0.4 is 30.2 Å². The van der Waals surface area contributed by atoms with Gasteiger partial charge in [0.05, 0.1) is 6.54 Å². The van der Waals surface area contributed by atoms with Crippen molar-refractivity contribution in [3.8, 4) is 17.2 Å². The van der Waals surface area contributed by atoms with Crippen LogP contribution in [0.2, 0.25) is 0 Å². The number of hydrogen-bond donors (Lipinski definition) is 3. The van der Waals surface area contributed by atoms with E-state index in [0.29, 0.717) is 23.0 Å². The van der Waals surface area contributed by atoms with Crippen molar-refractivity contribution in [2.75, 3.05) is 20.4 Å². The molecule has 0 unspecified atom stereocenters. The Morgan fingerprint density at radius 1 is 1.21 bits per heavy atom. The number of fused-ring (bicyclic) bond motifs is 1. The van der Waals surface area contributed by atoms with Gasteiger partial charge in [0.1, 0.15) is 5.75 Å². The van der Waals surface area contributed by atoms with E-state index < -0.39 is 6.61 Å². The van der Waals surface area contributed by atoms with Crippen LogP contribution in [0.1, 0.15) is 37.7 Å². The standard InChI is InChI=1S/C19H26F2N4O4/c1-22-19(24-10-17(26)25-13-5-3-2-4-6-13)23-9-12-7-15-16(28-11-27-15)8-14(12)29-18(20)21/h7-8,13,18H,2-6,9-11H2,1H3,(H,25,26)(H2,22,23,24). The Labute approximate surface area is 168 Å². The average Bonchev–Trinajstić information content (AvgIpc) is 3.15. The quantitative estimate of drug-likeness (QED) is 0.469. The van der Waals surface area contributed by atoms with Crippen molar-refractivity contribution in [1.29, 1.82) is 0 Å². The lowest BCUT2D eigenvalue weighted by Crippen LogP contribution is -2.45. The number of ether oxygens (including phenoxy) is 3. The van der Waals surface area contributed by atoms with Crippen LogP contribution in [0.25, 0.3) is 0 Å². The van der Waals surface area contributed by atoms with Crippen LogP contribution in [-0.2, 0) is 11.3 Å². The lowest BCUT2D eigenvalue weighted by molar-refractivity contribution is -0.120. The highest BCUT2D eigenvalue weighted by molar-refractivity contribution is 5.86. The predicted molar refractivity (Wildman–Crippen MR) is 102 cm³/mol. The Morgan fingerprint density at radius 3 is 2.62 bits per heavy atom. The third-order valence-electron chi connectivity index (χ3n) is 4.83. The maximum absolute atomic E-state index is 12.7. The lowest BCUT2D eigenvalue weighted by Gasteiger charge is -2.23. The van der Waals surface area contributed by atoms with Gasteiger partial charge in [0, 0.05) is 31.3 Å². The van der Waals surface area contributed by atoms with Crippen molar-refractivity contribution < 1.29 is 27.8 Å². The fourth-order valence-corrected chi connectivity index (χ4v) is 3.40. The molecule has 3 rings (SSSR count). The van der Waals surface area contributed by atoms with E-state index >= 15 is 0 Å². The minimum Gasteiger partial charge on any atom is -0.454 e. The maximum Gasteiger partial charge on any atom is 0.387 e. The Kier molecular flexibility index (Phi) is 7.31. The Bertz CT molecular complexity index is 739. The number of nitrogens with one attached hydrogen (secondary N) is 3. The van der Waals surface area contributed by atoms with Crippen molar-refractivity contribution >= 4 is 11.9 Å². The Hall–Kier alpha value is -2.78. The van der Waals surface area contributed by atoms with Gasteiger partial charge in [-0.05, 0) is 18.9 Å². The largest absolute Gasteiger partial charge is 0.454 e. The minimum atomic E-state index is -2.96. The van der Waals surface area contributed by atoms with E-state index in [2.05, 4.69) is 25.7 Å². The predicted octanol–water partition coefficient (Wildman–Crippen LogP) is 2.13. The topological polar surface area (TPSA) is 93.2 Å². The Morgan fingerprint density at radius 2 is 1.93 bits per heavy atom. The molecule has 0 spiro atoms. The number of aliphatic imine (C=N–C) groups is 1. The van der Waals surface area contributed by atoms with Gasteiger partial charge in [0.25, 0.3) is 0 Å². The molecule has 0 aromatic heterocycles. The number of alkyl halides is 2. The van der Waals surface area contributed by atoms with Crippen molar-refractivity contribution in [1.82, 2.24) is 16.0 Å². The van der Waals surface area contributed by atoms with E-state index in [9.17, 15) is 13.6 Å². The van der Waals surface area contributed by atoms with Crippen LogP contribution >= 0.6 is 0 Å². The number of amides is 1. The molecule has 8 nitrogen and oxygen atoms in total. The molecule has 1 aromatic rings. The summed E-state index contributed by atoms with van der Waals surface area (Å²) < 4.78 is 40.5. The third kappa shape index (κ3) is 6.10. The van der Waals surface area contributed by atoms with Gasteiger partial charge in [-0.15, -0.1) is 0 Å². The first-order chi connectivity index (χ1) is 14.0. The van der Waals surface area contributed by atoms with Gasteiger partial charge >= 0.3 is 6.61 Å². The second kappa shape index (κ2) is 10.1. The summed E-state index contributed by atoms with van der Waals surface area (Å²) in [6, 6.07) is 3.19. The second-order valence-electron chi connectivity index (χ2n) is 6.87. The minimum absolute atomic E-state index is 0.0118. The van der Waals surface area contributed by atoms with Gasteiger partial charge in [0.2, 0.25) is 12.7 Å². The first kappa shape index (κ1) is 20.9. The molecule has 3 N–H and O–H groups in total. The summed E-state index contributed by atoms with van der Waals surface area (Å²) in [4.78, 5) is 16.2. The average molecular weight is 412 g/mol. The van der Waals surface area contributed by atoms with Gasteiger partial charge in [0.15, 0.2) is 17.5 Å². The molecule has 1 saturated carbocycles. The van der Waals surface area contributed by atoms with Gasteiger partial charge in [-0.2, -0.15) is 8.78 Å². The summed E-state index contributed by atoms with van der Waals surface area (Å²) >= 11 is 0.